The van der Waals surface area contributed by atoms with Crippen LogP contribution in [0.5, 0.6) is 11.5 Å². The van der Waals surface area contributed by atoms with Crippen molar-refractivity contribution >= 4 is 5.91 Å². The number of para-hydroxylation sites is 2. The van der Waals surface area contributed by atoms with Gasteiger partial charge < -0.3 is 19.4 Å². The van der Waals surface area contributed by atoms with E-state index in [1.807, 2.05) is 35.9 Å². The maximum atomic E-state index is 12.2. The number of carbonyl (C=O) groups is 1. The molecular formula is C16H19N3O3. The molecule has 1 amide bonds. The van der Waals surface area contributed by atoms with Gasteiger partial charge in [-0.3, -0.25) is 4.79 Å². The topological polar surface area (TPSA) is 65.4 Å². The van der Waals surface area contributed by atoms with E-state index in [4.69, 9.17) is 9.47 Å². The highest BCUT2D eigenvalue weighted by atomic mass is 16.6. The normalized spacial score (nSPS) is 19.7. The zero-order chi connectivity index (χ0) is 15.4. The van der Waals surface area contributed by atoms with Crippen LogP contribution in [-0.2, 0) is 11.3 Å². The van der Waals surface area contributed by atoms with Gasteiger partial charge in [-0.15, -0.1) is 0 Å². The number of nitrogens with one attached hydrogen (secondary N) is 1. The second-order valence-corrected chi connectivity index (χ2v) is 5.25. The third-order valence-electron chi connectivity index (χ3n) is 3.55. The maximum Gasteiger partial charge on any atom is 0.265 e. The fraction of sp³-hybridized carbons (Fsp3) is 0.375. The van der Waals surface area contributed by atoms with Crippen LogP contribution in [0.1, 0.15) is 13.3 Å². The number of hydrogen-bond donors (Lipinski definition) is 1. The first-order valence-corrected chi connectivity index (χ1v) is 7.40. The Morgan fingerprint density at radius 1 is 1.32 bits per heavy atom. The summed E-state index contributed by atoms with van der Waals surface area (Å²) in [5, 5.41) is 2.90. The van der Waals surface area contributed by atoms with Gasteiger partial charge >= 0.3 is 0 Å². The number of benzene rings is 1. The first kappa shape index (κ1) is 14.4. The molecule has 0 bridgehead atoms. The van der Waals surface area contributed by atoms with Gasteiger partial charge in [0.1, 0.15) is 6.10 Å². The van der Waals surface area contributed by atoms with E-state index in [0.29, 0.717) is 18.0 Å². The Morgan fingerprint density at radius 3 is 2.82 bits per heavy atom. The van der Waals surface area contributed by atoms with Gasteiger partial charge in [0, 0.05) is 25.5 Å². The zero-order valence-electron chi connectivity index (χ0n) is 12.4. The lowest BCUT2D eigenvalue weighted by molar-refractivity contribution is -0.133. The van der Waals surface area contributed by atoms with E-state index in [1.54, 1.807) is 18.6 Å². The van der Waals surface area contributed by atoms with Crippen molar-refractivity contribution in [3.8, 4) is 11.5 Å². The third kappa shape index (κ3) is 3.21. The molecule has 1 aliphatic heterocycles. The number of carbonyl (C=O) groups excluding carboxylic acids is 1. The molecule has 2 heterocycles. The lowest BCUT2D eigenvalue weighted by Gasteiger charge is -2.31. The van der Waals surface area contributed by atoms with E-state index in [9.17, 15) is 4.79 Å². The van der Waals surface area contributed by atoms with Crippen LogP contribution < -0.4 is 14.8 Å². The SMILES string of the molecule is C[C@@H]1Oc2ccccc2O[C@@H]1C(=O)NCCCn1ccnc1. The Hall–Kier alpha value is -2.50. The standard InChI is InChI=1S/C16H19N3O3/c1-12-15(22-14-6-3-2-5-13(14)21-12)16(20)18-7-4-9-19-10-8-17-11-19/h2-3,5-6,8,10-12,15H,4,7,9H2,1H3,(H,18,20)/t12-,15-/m0/s1. The van der Waals surface area contributed by atoms with Gasteiger partial charge in [0.2, 0.25) is 6.10 Å². The lowest BCUT2D eigenvalue weighted by Crippen LogP contribution is -2.49. The molecule has 0 saturated heterocycles. The van der Waals surface area contributed by atoms with Gasteiger partial charge in [0.05, 0.1) is 6.33 Å². The molecule has 0 fully saturated rings. The average Bonchev–Trinajstić information content (AvgIpc) is 3.04. The molecule has 0 spiro atoms. The van der Waals surface area contributed by atoms with E-state index in [2.05, 4.69) is 10.3 Å². The molecule has 1 aromatic heterocycles. The predicted octanol–water partition coefficient (Wildman–Crippen LogP) is 1.62. The summed E-state index contributed by atoms with van der Waals surface area (Å²) < 4.78 is 13.5. The number of aryl methyl sites for hydroxylation is 1. The van der Waals surface area contributed by atoms with Crippen molar-refractivity contribution in [2.45, 2.75) is 32.1 Å². The number of aromatic nitrogens is 2. The molecule has 0 radical (unpaired) electrons. The molecule has 2 aromatic rings. The minimum atomic E-state index is -0.622. The molecule has 116 valence electrons. The highest BCUT2D eigenvalue weighted by Gasteiger charge is 2.33. The highest BCUT2D eigenvalue weighted by Crippen LogP contribution is 2.33. The van der Waals surface area contributed by atoms with Crippen molar-refractivity contribution in [3.63, 3.8) is 0 Å². The molecule has 1 aromatic carbocycles. The zero-order valence-corrected chi connectivity index (χ0v) is 12.4. The van der Waals surface area contributed by atoms with Gasteiger partial charge in [-0.2, -0.15) is 0 Å². The minimum absolute atomic E-state index is 0.146. The predicted molar refractivity (Wildman–Crippen MR) is 80.8 cm³/mol. The summed E-state index contributed by atoms with van der Waals surface area (Å²) in [4.78, 5) is 16.2. The third-order valence-corrected chi connectivity index (χ3v) is 3.55. The van der Waals surface area contributed by atoms with Crippen LogP contribution in [0.25, 0.3) is 0 Å². The number of fused-ring (bicyclic) bond motifs is 1. The van der Waals surface area contributed by atoms with E-state index in [0.717, 1.165) is 13.0 Å². The maximum absolute atomic E-state index is 12.2. The number of ether oxygens (including phenoxy) is 2. The smallest absolute Gasteiger partial charge is 0.265 e. The number of rotatable bonds is 5. The molecule has 0 aliphatic carbocycles. The van der Waals surface area contributed by atoms with Crippen molar-refractivity contribution in [3.05, 3.63) is 43.0 Å². The van der Waals surface area contributed by atoms with Crippen molar-refractivity contribution in [1.29, 1.82) is 0 Å². The highest BCUT2D eigenvalue weighted by molar-refractivity contribution is 5.82. The first-order chi connectivity index (χ1) is 10.7. The van der Waals surface area contributed by atoms with Crippen molar-refractivity contribution in [2.24, 2.45) is 0 Å². The van der Waals surface area contributed by atoms with Crippen LogP contribution in [0.3, 0.4) is 0 Å². The molecule has 22 heavy (non-hydrogen) atoms. The molecule has 0 saturated carbocycles. The Bertz CT molecular complexity index is 627. The Morgan fingerprint density at radius 2 is 2.09 bits per heavy atom. The van der Waals surface area contributed by atoms with E-state index >= 15 is 0 Å². The van der Waals surface area contributed by atoms with Crippen molar-refractivity contribution in [2.75, 3.05) is 6.54 Å². The van der Waals surface area contributed by atoms with Crippen molar-refractivity contribution < 1.29 is 14.3 Å². The van der Waals surface area contributed by atoms with Gasteiger partial charge in [-0.25, -0.2) is 4.98 Å². The summed E-state index contributed by atoms with van der Waals surface area (Å²) in [6.07, 6.45) is 5.30. The molecule has 6 nitrogen and oxygen atoms in total. The minimum Gasteiger partial charge on any atom is -0.482 e. The Kier molecular flexibility index (Phi) is 4.27. The first-order valence-electron chi connectivity index (χ1n) is 7.40. The lowest BCUT2D eigenvalue weighted by atomic mass is 10.1. The number of nitrogens with zero attached hydrogens (tertiary/aromatic N) is 2. The summed E-state index contributed by atoms with van der Waals surface area (Å²) in [5.41, 5.74) is 0. The molecule has 6 heteroatoms. The summed E-state index contributed by atoms with van der Waals surface area (Å²) in [6, 6.07) is 7.38. The Balaban J connectivity index is 1.50. The fourth-order valence-electron chi connectivity index (χ4n) is 2.40. The second kappa shape index (κ2) is 6.51. The van der Waals surface area contributed by atoms with Crippen LogP contribution in [0.4, 0.5) is 0 Å². The fourth-order valence-corrected chi connectivity index (χ4v) is 2.40. The summed E-state index contributed by atoms with van der Waals surface area (Å²) >= 11 is 0. The number of hydrogen-bond acceptors (Lipinski definition) is 4. The number of amides is 1. The molecule has 1 aliphatic rings. The van der Waals surface area contributed by atoms with E-state index < -0.39 is 6.10 Å². The molecular weight excluding hydrogens is 282 g/mol. The van der Waals surface area contributed by atoms with Gasteiger partial charge in [0.15, 0.2) is 11.5 Å². The van der Waals surface area contributed by atoms with E-state index in [1.165, 1.54) is 0 Å². The van der Waals surface area contributed by atoms with Crippen LogP contribution >= 0.6 is 0 Å². The Labute approximate surface area is 129 Å². The largest absolute Gasteiger partial charge is 0.482 e. The van der Waals surface area contributed by atoms with Crippen LogP contribution in [0, 0.1) is 0 Å². The monoisotopic (exact) mass is 301 g/mol. The molecule has 1 N–H and O–H groups in total. The molecule has 3 rings (SSSR count). The summed E-state index contributed by atoms with van der Waals surface area (Å²) in [5.74, 6) is 1.14. The van der Waals surface area contributed by atoms with Crippen LogP contribution in [0.2, 0.25) is 0 Å². The van der Waals surface area contributed by atoms with Crippen LogP contribution in [-0.4, -0.2) is 34.2 Å². The van der Waals surface area contributed by atoms with Crippen molar-refractivity contribution in [1.82, 2.24) is 14.9 Å². The average molecular weight is 301 g/mol. The summed E-state index contributed by atoms with van der Waals surface area (Å²) in [6.45, 7) is 3.25. The quantitative estimate of drug-likeness (QED) is 0.852. The van der Waals surface area contributed by atoms with Gasteiger partial charge in [0.25, 0.3) is 5.91 Å². The molecule has 0 unspecified atom stereocenters. The van der Waals surface area contributed by atoms with Gasteiger partial charge in [-0.1, -0.05) is 12.1 Å². The summed E-state index contributed by atoms with van der Waals surface area (Å²) in [7, 11) is 0. The van der Waals surface area contributed by atoms with Gasteiger partial charge in [-0.05, 0) is 25.5 Å². The van der Waals surface area contributed by atoms with Crippen LogP contribution in [0.15, 0.2) is 43.0 Å². The van der Waals surface area contributed by atoms with E-state index in [-0.39, 0.29) is 12.0 Å². The number of imidazole rings is 1. The molecule has 2 atom stereocenters. The second-order valence-electron chi connectivity index (χ2n) is 5.25.